The largest absolute Gasteiger partial charge is 0.493 e. The fourth-order valence-corrected chi connectivity index (χ4v) is 2.20. The van der Waals surface area contributed by atoms with Crippen molar-refractivity contribution in [2.24, 2.45) is 5.92 Å². The molecule has 0 atom stereocenters. The highest BCUT2D eigenvalue weighted by Crippen LogP contribution is 2.27. The van der Waals surface area contributed by atoms with Crippen LogP contribution in [-0.4, -0.2) is 30.7 Å². The zero-order valence-electron chi connectivity index (χ0n) is 14.8. The first-order valence-electron chi connectivity index (χ1n) is 8.14. The summed E-state index contributed by atoms with van der Waals surface area (Å²) >= 11 is 0. The van der Waals surface area contributed by atoms with Gasteiger partial charge in [-0.1, -0.05) is 19.9 Å². The molecule has 24 heavy (non-hydrogen) atoms. The van der Waals surface area contributed by atoms with Crippen molar-refractivity contribution >= 4 is 11.8 Å². The molecule has 0 spiro atoms. The van der Waals surface area contributed by atoms with Crippen LogP contribution in [0.25, 0.3) is 0 Å². The average molecular weight is 330 g/mol. The number of methoxy groups -OCH3 is 2. The second-order valence-electron chi connectivity index (χ2n) is 5.92. The van der Waals surface area contributed by atoms with Gasteiger partial charge in [0.15, 0.2) is 11.5 Å². The first-order valence-corrected chi connectivity index (χ1v) is 8.14. The van der Waals surface area contributed by atoms with Gasteiger partial charge in [0.2, 0.25) is 5.95 Å². The molecule has 0 amide bonds. The van der Waals surface area contributed by atoms with Gasteiger partial charge in [0.05, 0.1) is 14.2 Å². The van der Waals surface area contributed by atoms with Gasteiger partial charge < -0.3 is 20.1 Å². The normalized spacial score (nSPS) is 10.5. The minimum absolute atomic E-state index is 0.642. The summed E-state index contributed by atoms with van der Waals surface area (Å²) < 4.78 is 10.6. The Balaban J connectivity index is 1.94. The molecule has 0 aliphatic carbocycles. The van der Waals surface area contributed by atoms with E-state index in [1.807, 2.05) is 24.3 Å². The van der Waals surface area contributed by atoms with E-state index in [9.17, 15) is 0 Å². The van der Waals surface area contributed by atoms with E-state index in [0.29, 0.717) is 18.4 Å². The highest BCUT2D eigenvalue weighted by atomic mass is 16.5. The summed E-state index contributed by atoms with van der Waals surface area (Å²) in [5, 5.41) is 6.55. The second-order valence-corrected chi connectivity index (χ2v) is 5.92. The van der Waals surface area contributed by atoms with Crippen LogP contribution in [0.2, 0.25) is 0 Å². The van der Waals surface area contributed by atoms with Gasteiger partial charge in [-0.3, -0.25) is 0 Å². The molecule has 0 saturated heterocycles. The van der Waals surface area contributed by atoms with Crippen LogP contribution in [0.1, 0.15) is 25.8 Å². The van der Waals surface area contributed by atoms with Crippen molar-refractivity contribution in [3.8, 4) is 11.5 Å². The summed E-state index contributed by atoms with van der Waals surface area (Å²) in [6.45, 7) is 5.91. The third kappa shape index (κ3) is 5.30. The Morgan fingerprint density at radius 1 is 1.04 bits per heavy atom. The van der Waals surface area contributed by atoms with E-state index >= 15 is 0 Å². The lowest BCUT2D eigenvalue weighted by atomic mass is 10.1. The first-order chi connectivity index (χ1) is 11.6. The third-order valence-corrected chi connectivity index (χ3v) is 3.58. The number of nitrogens with zero attached hydrogens (tertiary/aromatic N) is 2. The standard InChI is InChI=1S/C18H26N4O2/c1-13(2)7-9-19-18-20-10-8-17(22-18)21-12-14-5-6-15(23-3)16(11-14)24-4/h5-6,8,10-11,13H,7,9,12H2,1-4H3,(H2,19,20,21,22). The molecule has 0 aliphatic rings. The zero-order chi connectivity index (χ0) is 17.4. The quantitative estimate of drug-likeness (QED) is 0.733. The van der Waals surface area contributed by atoms with E-state index in [1.165, 1.54) is 0 Å². The van der Waals surface area contributed by atoms with Crippen molar-refractivity contribution in [3.05, 3.63) is 36.0 Å². The van der Waals surface area contributed by atoms with Gasteiger partial charge >= 0.3 is 0 Å². The highest BCUT2D eigenvalue weighted by molar-refractivity contribution is 5.45. The Bertz CT molecular complexity index is 647. The molecular weight excluding hydrogens is 304 g/mol. The van der Waals surface area contributed by atoms with E-state index in [0.717, 1.165) is 35.8 Å². The van der Waals surface area contributed by atoms with Crippen molar-refractivity contribution < 1.29 is 9.47 Å². The van der Waals surface area contributed by atoms with Crippen LogP contribution < -0.4 is 20.1 Å². The first kappa shape index (κ1) is 17.8. The molecule has 0 aliphatic heterocycles. The number of hydrogen-bond acceptors (Lipinski definition) is 6. The van der Waals surface area contributed by atoms with Crippen LogP contribution in [0.5, 0.6) is 11.5 Å². The monoisotopic (exact) mass is 330 g/mol. The van der Waals surface area contributed by atoms with Crippen LogP contribution in [0, 0.1) is 5.92 Å². The summed E-state index contributed by atoms with van der Waals surface area (Å²) in [7, 11) is 3.26. The molecular formula is C18H26N4O2. The molecule has 2 rings (SSSR count). The molecule has 1 heterocycles. The van der Waals surface area contributed by atoms with Crippen LogP contribution >= 0.6 is 0 Å². The lowest BCUT2D eigenvalue weighted by Crippen LogP contribution is -2.09. The maximum absolute atomic E-state index is 5.32. The van der Waals surface area contributed by atoms with E-state index in [4.69, 9.17) is 9.47 Å². The summed E-state index contributed by atoms with van der Waals surface area (Å²) in [5.41, 5.74) is 1.08. The fourth-order valence-electron chi connectivity index (χ4n) is 2.20. The fraction of sp³-hybridized carbons (Fsp3) is 0.444. The Morgan fingerprint density at radius 2 is 1.83 bits per heavy atom. The molecule has 1 aromatic heterocycles. The zero-order valence-corrected chi connectivity index (χ0v) is 14.8. The van der Waals surface area contributed by atoms with Gasteiger partial charge in [0.1, 0.15) is 5.82 Å². The van der Waals surface area contributed by atoms with Crippen molar-refractivity contribution in [3.63, 3.8) is 0 Å². The molecule has 1 aromatic carbocycles. The molecule has 6 heteroatoms. The molecule has 130 valence electrons. The van der Waals surface area contributed by atoms with Crippen molar-refractivity contribution in [2.45, 2.75) is 26.8 Å². The number of aromatic nitrogens is 2. The van der Waals surface area contributed by atoms with Gasteiger partial charge in [0, 0.05) is 19.3 Å². The maximum Gasteiger partial charge on any atom is 0.224 e. The Labute approximate surface area is 143 Å². The minimum atomic E-state index is 0.642. The molecule has 0 saturated carbocycles. The van der Waals surface area contributed by atoms with Crippen LogP contribution in [0.15, 0.2) is 30.5 Å². The maximum atomic E-state index is 5.32. The molecule has 2 N–H and O–H groups in total. The van der Waals surface area contributed by atoms with Crippen molar-refractivity contribution in [1.29, 1.82) is 0 Å². The van der Waals surface area contributed by atoms with Gasteiger partial charge in [0.25, 0.3) is 0 Å². The van der Waals surface area contributed by atoms with Crippen LogP contribution in [-0.2, 0) is 6.54 Å². The number of ether oxygens (including phenoxy) is 2. The number of benzene rings is 1. The minimum Gasteiger partial charge on any atom is -0.493 e. The molecule has 2 aromatic rings. The van der Waals surface area contributed by atoms with E-state index in [1.54, 1.807) is 20.4 Å². The Kier molecular flexibility index (Phi) is 6.66. The van der Waals surface area contributed by atoms with Crippen molar-refractivity contribution in [1.82, 2.24) is 9.97 Å². The highest BCUT2D eigenvalue weighted by Gasteiger charge is 2.05. The molecule has 0 unspecified atom stereocenters. The van der Waals surface area contributed by atoms with E-state index in [-0.39, 0.29) is 0 Å². The van der Waals surface area contributed by atoms with E-state index in [2.05, 4.69) is 34.4 Å². The number of rotatable bonds is 9. The van der Waals surface area contributed by atoms with Gasteiger partial charge in [-0.15, -0.1) is 0 Å². The molecule has 0 radical (unpaired) electrons. The van der Waals surface area contributed by atoms with Crippen molar-refractivity contribution in [2.75, 3.05) is 31.4 Å². The SMILES string of the molecule is COc1ccc(CNc2ccnc(NCCC(C)C)n2)cc1OC. The summed E-state index contributed by atoms with van der Waals surface area (Å²) in [4.78, 5) is 8.71. The van der Waals surface area contributed by atoms with Crippen LogP contribution in [0.4, 0.5) is 11.8 Å². The smallest absolute Gasteiger partial charge is 0.224 e. The number of hydrogen-bond donors (Lipinski definition) is 2. The Morgan fingerprint density at radius 3 is 2.54 bits per heavy atom. The lowest BCUT2D eigenvalue weighted by molar-refractivity contribution is 0.354. The van der Waals surface area contributed by atoms with Gasteiger partial charge in [-0.2, -0.15) is 4.98 Å². The van der Waals surface area contributed by atoms with Gasteiger partial charge in [-0.25, -0.2) is 4.98 Å². The predicted molar refractivity (Wildman–Crippen MR) is 96.8 cm³/mol. The molecule has 0 bridgehead atoms. The second kappa shape index (κ2) is 8.96. The number of anilines is 2. The summed E-state index contributed by atoms with van der Waals surface area (Å²) in [6, 6.07) is 7.70. The molecule has 6 nitrogen and oxygen atoms in total. The van der Waals surface area contributed by atoms with Crippen LogP contribution in [0.3, 0.4) is 0 Å². The summed E-state index contributed by atoms with van der Waals surface area (Å²) in [5.74, 6) is 3.53. The van der Waals surface area contributed by atoms with Gasteiger partial charge in [-0.05, 0) is 36.1 Å². The number of nitrogens with one attached hydrogen (secondary N) is 2. The predicted octanol–water partition coefficient (Wildman–Crippen LogP) is 3.56. The third-order valence-electron chi connectivity index (χ3n) is 3.58. The summed E-state index contributed by atoms with van der Waals surface area (Å²) in [6.07, 6.45) is 2.84. The lowest BCUT2D eigenvalue weighted by Gasteiger charge is -2.11. The average Bonchev–Trinajstić information content (AvgIpc) is 2.59. The van der Waals surface area contributed by atoms with E-state index < -0.39 is 0 Å². The Hall–Kier alpha value is -2.50. The molecule has 0 fully saturated rings. The topological polar surface area (TPSA) is 68.3 Å².